The van der Waals surface area contributed by atoms with Gasteiger partial charge in [0.05, 0.1) is 0 Å². The molecule has 1 unspecified atom stereocenters. The molecule has 1 saturated carbocycles. The van der Waals surface area contributed by atoms with Gasteiger partial charge in [-0.25, -0.2) is 0 Å². The second kappa shape index (κ2) is 6.61. The molecular weight excluding hydrogens is 275 g/mol. The molecule has 0 saturated heterocycles. The Hall–Kier alpha value is -0.680. The Morgan fingerprint density at radius 3 is 2.05 bits per heavy atom. The Morgan fingerprint density at radius 2 is 1.57 bits per heavy atom. The molecule has 0 aromatic heterocycles. The lowest BCUT2D eigenvalue weighted by Crippen LogP contribution is -2.14. The first-order valence-electron chi connectivity index (χ1n) is 8.21. The predicted octanol–water partition coefficient (Wildman–Crippen LogP) is 5.75. The first-order chi connectivity index (χ1) is 9.79. The number of carbonyl (C=O) groups excluding carboxylic acids is 1. The fourth-order valence-corrected chi connectivity index (χ4v) is 4.87. The number of aryl methyl sites for hydroxylation is 2. The molecule has 0 radical (unpaired) electrons. The van der Waals surface area contributed by atoms with Crippen LogP contribution in [0.1, 0.15) is 79.9 Å². The summed E-state index contributed by atoms with van der Waals surface area (Å²) in [7, 11) is 0.470. The van der Waals surface area contributed by atoms with Crippen molar-refractivity contribution in [3.8, 4) is 0 Å². The minimum atomic E-state index is 0.142. The van der Waals surface area contributed by atoms with E-state index >= 15 is 0 Å². The van der Waals surface area contributed by atoms with Crippen LogP contribution in [0.2, 0.25) is 0 Å². The largest absolute Gasteiger partial charge is 0.289 e. The van der Waals surface area contributed by atoms with Crippen molar-refractivity contribution < 1.29 is 4.79 Å². The fraction of sp³-hybridized carbons (Fsp3) is 0.632. The molecule has 0 N–H and O–H groups in total. The standard InChI is InChI=1S/C19H29OP/c1-13-11-15(19(3,4)5)12-14(2)17(13)18(20)21-16-9-7-6-8-10-16/h11-12,16,21H,6-10H2,1-5H3. The zero-order valence-corrected chi connectivity index (χ0v) is 15.2. The van der Waals surface area contributed by atoms with Crippen LogP contribution in [0.3, 0.4) is 0 Å². The fourth-order valence-electron chi connectivity index (χ4n) is 3.26. The number of benzene rings is 1. The smallest absolute Gasteiger partial charge is 0.181 e. The molecule has 1 fully saturated rings. The molecule has 2 heteroatoms. The molecule has 0 amide bonds. The number of carbonyl (C=O) groups is 1. The quantitative estimate of drug-likeness (QED) is 0.650. The summed E-state index contributed by atoms with van der Waals surface area (Å²) < 4.78 is 0. The van der Waals surface area contributed by atoms with E-state index in [1.54, 1.807) is 0 Å². The van der Waals surface area contributed by atoms with Crippen LogP contribution in [-0.2, 0) is 5.41 Å². The van der Waals surface area contributed by atoms with E-state index in [1.165, 1.54) is 37.7 Å². The van der Waals surface area contributed by atoms with Crippen molar-refractivity contribution in [1.29, 1.82) is 0 Å². The SMILES string of the molecule is Cc1cc(C(C)(C)C)cc(C)c1C(=O)PC1CCCCC1. The van der Waals surface area contributed by atoms with Crippen LogP contribution < -0.4 is 0 Å². The van der Waals surface area contributed by atoms with E-state index in [1.807, 2.05) is 0 Å². The maximum atomic E-state index is 12.7. The summed E-state index contributed by atoms with van der Waals surface area (Å²) in [6.07, 6.45) is 6.48. The van der Waals surface area contributed by atoms with E-state index < -0.39 is 0 Å². The van der Waals surface area contributed by atoms with Crippen molar-refractivity contribution in [2.75, 3.05) is 0 Å². The lowest BCUT2D eigenvalue weighted by molar-refractivity contribution is 0.108. The highest BCUT2D eigenvalue weighted by molar-refractivity contribution is 7.59. The van der Waals surface area contributed by atoms with Crippen molar-refractivity contribution in [3.05, 3.63) is 34.4 Å². The highest BCUT2D eigenvalue weighted by Crippen LogP contribution is 2.37. The third kappa shape index (κ3) is 4.16. The minimum Gasteiger partial charge on any atom is -0.289 e. The van der Waals surface area contributed by atoms with Gasteiger partial charge >= 0.3 is 0 Å². The molecule has 1 aliphatic rings. The first-order valence-corrected chi connectivity index (χ1v) is 9.29. The van der Waals surface area contributed by atoms with Gasteiger partial charge in [-0.2, -0.15) is 0 Å². The topological polar surface area (TPSA) is 17.1 Å². The van der Waals surface area contributed by atoms with Gasteiger partial charge in [-0.05, 0) is 63.0 Å². The van der Waals surface area contributed by atoms with Gasteiger partial charge in [0.25, 0.3) is 0 Å². The Balaban J connectivity index is 2.21. The average molecular weight is 304 g/mol. The molecule has 2 rings (SSSR count). The van der Waals surface area contributed by atoms with E-state index in [0.717, 1.165) is 16.7 Å². The van der Waals surface area contributed by atoms with Crippen LogP contribution in [0.5, 0.6) is 0 Å². The third-order valence-electron chi connectivity index (χ3n) is 4.57. The Labute approximate surface area is 131 Å². The monoisotopic (exact) mass is 304 g/mol. The van der Waals surface area contributed by atoms with E-state index in [9.17, 15) is 4.79 Å². The van der Waals surface area contributed by atoms with E-state index in [4.69, 9.17) is 0 Å². The number of rotatable bonds is 3. The zero-order valence-electron chi connectivity index (χ0n) is 14.2. The van der Waals surface area contributed by atoms with Gasteiger partial charge in [0, 0.05) is 5.56 Å². The lowest BCUT2D eigenvalue weighted by atomic mass is 9.84. The van der Waals surface area contributed by atoms with Crippen LogP contribution in [0.15, 0.2) is 12.1 Å². The average Bonchev–Trinajstić information content (AvgIpc) is 2.37. The van der Waals surface area contributed by atoms with Crippen molar-refractivity contribution in [3.63, 3.8) is 0 Å². The van der Waals surface area contributed by atoms with Crippen LogP contribution in [0.4, 0.5) is 0 Å². The maximum absolute atomic E-state index is 12.7. The molecule has 1 aromatic rings. The Bertz CT molecular complexity index is 496. The van der Waals surface area contributed by atoms with E-state index in [0.29, 0.717) is 19.8 Å². The van der Waals surface area contributed by atoms with Gasteiger partial charge < -0.3 is 0 Å². The predicted molar refractivity (Wildman–Crippen MR) is 94.1 cm³/mol. The number of hydrogen-bond donors (Lipinski definition) is 0. The molecular formula is C19H29OP. The van der Waals surface area contributed by atoms with Gasteiger partial charge in [-0.3, -0.25) is 4.79 Å². The first kappa shape index (κ1) is 16.7. The van der Waals surface area contributed by atoms with Gasteiger partial charge in [-0.1, -0.05) is 52.2 Å². The lowest BCUT2D eigenvalue weighted by Gasteiger charge is -2.24. The van der Waals surface area contributed by atoms with Crippen molar-refractivity contribution >= 4 is 14.1 Å². The molecule has 0 aliphatic heterocycles. The molecule has 0 heterocycles. The Morgan fingerprint density at radius 1 is 1.05 bits per heavy atom. The normalized spacial score (nSPS) is 17.6. The molecule has 1 nitrogen and oxygen atoms in total. The number of hydrogen-bond acceptors (Lipinski definition) is 1. The highest BCUT2D eigenvalue weighted by Gasteiger charge is 2.22. The molecule has 1 atom stereocenters. The van der Waals surface area contributed by atoms with Gasteiger partial charge in [-0.15, -0.1) is 0 Å². The van der Waals surface area contributed by atoms with Crippen molar-refractivity contribution in [1.82, 2.24) is 0 Å². The minimum absolute atomic E-state index is 0.142. The molecule has 0 bridgehead atoms. The Kier molecular flexibility index (Phi) is 5.25. The summed E-state index contributed by atoms with van der Waals surface area (Å²) in [5.74, 6) is 0. The van der Waals surface area contributed by atoms with Crippen LogP contribution in [0, 0.1) is 13.8 Å². The summed E-state index contributed by atoms with van der Waals surface area (Å²) >= 11 is 0. The van der Waals surface area contributed by atoms with E-state index in [2.05, 4.69) is 46.8 Å². The second-order valence-electron chi connectivity index (χ2n) is 7.54. The molecule has 1 aliphatic carbocycles. The summed E-state index contributed by atoms with van der Waals surface area (Å²) in [6, 6.07) is 4.43. The van der Waals surface area contributed by atoms with Gasteiger partial charge in [0.15, 0.2) is 5.52 Å². The second-order valence-corrected chi connectivity index (χ2v) is 9.10. The van der Waals surface area contributed by atoms with Crippen molar-refractivity contribution in [2.24, 2.45) is 0 Å². The summed E-state index contributed by atoms with van der Waals surface area (Å²) in [4.78, 5) is 12.7. The van der Waals surface area contributed by atoms with Crippen LogP contribution >= 0.6 is 8.58 Å². The molecule has 116 valence electrons. The summed E-state index contributed by atoms with van der Waals surface area (Å²) in [5, 5.41) is 0. The van der Waals surface area contributed by atoms with E-state index in [-0.39, 0.29) is 5.41 Å². The summed E-state index contributed by atoms with van der Waals surface area (Å²) in [5.41, 5.74) is 5.82. The van der Waals surface area contributed by atoms with Gasteiger partial charge in [0.1, 0.15) is 0 Å². The van der Waals surface area contributed by atoms with Gasteiger partial charge in [0.2, 0.25) is 0 Å². The third-order valence-corrected chi connectivity index (χ3v) is 6.06. The maximum Gasteiger partial charge on any atom is 0.181 e. The molecule has 21 heavy (non-hydrogen) atoms. The zero-order chi connectivity index (χ0) is 15.6. The molecule has 1 aromatic carbocycles. The molecule has 0 spiro atoms. The highest BCUT2D eigenvalue weighted by atomic mass is 31.1. The summed E-state index contributed by atoms with van der Waals surface area (Å²) in [6.45, 7) is 10.9. The van der Waals surface area contributed by atoms with Crippen molar-refractivity contribution in [2.45, 2.75) is 77.8 Å². The van der Waals surface area contributed by atoms with Crippen LogP contribution in [0.25, 0.3) is 0 Å². The van der Waals surface area contributed by atoms with Crippen LogP contribution in [-0.4, -0.2) is 11.2 Å².